The van der Waals surface area contributed by atoms with Crippen LogP contribution in [0.3, 0.4) is 0 Å². The number of thiazole rings is 1. The summed E-state index contributed by atoms with van der Waals surface area (Å²) in [6.45, 7) is 1.89. The van der Waals surface area contributed by atoms with Crippen molar-refractivity contribution < 1.29 is 5.11 Å². The van der Waals surface area contributed by atoms with Gasteiger partial charge in [-0.1, -0.05) is 0 Å². The van der Waals surface area contributed by atoms with Crippen molar-refractivity contribution in [2.45, 2.75) is 13.0 Å². The largest absolute Gasteiger partial charge is 0.383 e. The monoisotopic (exact) mass is 209 g/mol. The van der Waals surface area contributed by atoms with E-state index in [1.165, 1.54) is 11.3 Å². The molecule has 0 bridgehead atoms. The van der Waals surface area contributed by atoms with E-state index in [4.69, 9.17) is 0 Å². The van der Waals surface area contributed by atoms with Crippen LogP contribution in [0.1, 0.15) is 22.2 Å². The maximum atomic E-state index is 9.99. The lowest BCUT2D eigenvalue weighted by Crippen LogP contribution is -1.97. The first-order chi connectivity index (χ1) is 6.68. The molecule has 0 fully saturated rings. The van der Waals surface area contributed by atoms with E-state index in [-0.39, 0.29) is 0 Å². The van der Waals surface area contributed by atoms with E-state index in [1.54, 1.807) is 16.4 Å². The van der Waals surface area contributed by atoms with Gasteiger partial charge in [0.2, 0.25) is 0 Å². The first-order valence-electron chi connectivity index (χ1n) is 4.25. The highest BCUT2D eigenvalue weighted by molar-refractivity contribution is 7.09. The minimum absolute atomic E-state index is 0.601. The average Bonchev–Trinajstić information content (AvgIpc) is 2.73. The number of aryl methyl sites for hydroxylation is 2. The Labute approximate surface area is 85.8 Å². The third-order valence-corrected chi connectivity index (χ3v) is 3.05. The number of aliphatic hydroxyl groups excluding tert-OH is 1. The highest BCUT2D eigenvalue weighted by Crippen LogP contribution is 2.26. The molecule has 0 saturated carbocycles. The van der Waals surface area contributed by atoms with E-state index in [9.17, 15) is 5.11 Å². The quantitative estimate of drug-likeness (QED) is 0.810. The van der Waals surface area contributed by atoms with Crippen LogP contribution in [0.2, 0.25) is 0 Å². The van der Waals surface area contributed by atoms with Crippen LogP contribution in [-0.2, 0) is 7.05 Å². The standard InChI is InChI=1S/C9H11N3OS/c1-6-9(14-5-10-6)8(13)7-3-11-12(2)4-7/h3-5,8,13H,1-2H3. The third-order valence-electron chi connectivity index (χ3n) is 2.07. The fourth-order valence-corrected chi connectivity index (χ4v) is 2.12. The summed E-state index contributed by atoms with van der Waals surface area (Å²) in [4.78, 5) is 4.99. The van der Waals surface area contributed by atoms with Crippen molar-refractivity contribution in [2.75, 3.05) is 0 Å². The summed E-state index contributed by atoms with van der Waals surface area (Å²) in [5.41, 5.74) is 3.43. The van der Waals surface area contributed by atoms with Gasteiger partial charge in [-0.15, -0.1) is 11.3 Å². The van der Waals surface area contributed by atoms with E-state index >= 15 is 0 Å². The van der Waals surface area contributed by atoms with Gasteiger partial charge >= 0.3 is 0 Å². The fourth-order valence-electron chi connectivity index (χ4n) is 1.31. The molecule has 1 unspecified atom stereocenters. The normalized spacial score (nSPS) is 13.1. The Hall–Kier alpha value is -1.20. The van der Waals surface area contributed by atoms with Gasteiger partial charge in [-0.05, 0) is 6.92 Å². The summed E-state index contributed by atoms with van der Waals surface area (Å²) in [6, 6.07) is 0. The van der Waals surface area contributed by atoms with Crippen LogP contribution in [0.4, 0.5) is 0 Å². The molecule has 2 heterocycles. The zero-order valence-electron chi connectivity index (χ0n) is 8.01. The molecule has 0 radical (unpaired) electrons. The number of nitrogens with zero attached hydrogens (tertiary/aromatic N) is 3. The van der Waals surface area contributed by atoms with Crippen molar-refractivity contribution in [3.63, 3.8) is 0 Å². The van der Waals surface area contributed by atoms with Crippen LogP contribution in [0.15, 0.2) is 17.9 Å². The van der Waals surface area contributed by atoms with Crippen LogP contribution >= 0.6 is 11.3 Å². The highest BCUT2D eigenvalue weighted by atomic mass is 32.1. The lowest BCUT2D eigenvalue weighted by atomic mass is 10.1. The fraction of sp³-hybridized carbons (Fsp3) is 0.333. The van der Waals surface area contributed by atoms with Crippen molar-refractivity contribution >= 4 is 11.3 Å². The zero-order valence-corrected chi connectivity index (χ0v) is 8.82. The smallest absolute Gasteiger partial charge is 0.118 e. The molecule has 0 saturated heterocycles. The maximum absolute atomic E-state index is 9.99. The summed E-state index contributed by atoms with van der Waals surface area (Å²) < 4.78 is 1.68. The van der Waals surface area contributed by atoms with E-state index in [2.05, 4.69) is 10.1 Å². The summed E-state index contributed by atoms with van der Waals surface area (Å²) >= 11 is 1.46. The first kappa shape index (κ1) is 9.36. The molecule has 2 rings (SSSR count). The number of rotatable bonds is 2. The Morgan fingerprint density at radius 3 is 2.86 bits per heavy atom. The van der Waals surface area contributed by atoms with Gasteiger partial charge in [-0.2, -0.15) is 5.10 Å². The van der Waals surface area contributed by atoms with Gasteiger partial charge in [0.05, 0.1) is 22.3 Å². The molecule has 2 aromatic heterocycles. The van der Waals surface area contributed by atoms with E-state index in [0.29, 0.717) is 0 Å². The van der Waals surface area contributed by atoms with Gasteiger partial charge in [0.25, 0.3) is 0 Å². The van der Waals surface area contributed by atoms with Crippen LogP contribution in [0, 0.1) is 6.92 Å². The van der Waals surface area contributed by atoms with Crippen LogP contribution in [-0.4, -0.2) is 19.9 Å². The molecule has 2 aromatic rings. The van der Waals surface area contributed by atoms with Crippen molar-refractivity contribution in [3.05, 3.63) is 34.0 Å². The van der Waals surface area contributed by atoms with Crippen molar-refractivity contribution in [2.24, 2.45) is 7.05 Å². The summed E-state index contributed by atoms with van der Waals surface area (Å²) in [5.74, 6) is 0. The van der Waals surface area contributed by atoms with Crippen LogP contribution in [0.25, 0.3) is 0 Å². The molecule has 74 valence electrons. The van der Waals surface area contributed by atoms with Gasteiger partial charge in [0, 0.05) is 18.8 Å². The highest BCUT2D eigenvalue weighted by Gasteiger charge is 2.16. The molecule has 4 nitrogen and oxygen atoms in total. The molecule has 0 spiro atoms. The molecule has 0 amide bonds. The summed E-state index contributed by atoms with van der Waals surface area (Å²) in [6.07, 6.45) is 2.88. The predicted octanol–water partition coefficient (Wildman–Crippen LogP) is 1.27. The number of hydrogen-bond donors (Lipinski definition) is 1. The number of aliphatic hydroxyl groups is 1. The molecule has 1 N–H and O–H groups in total. The SMILES string of the molecule is Cc1ncsc1C(O)c1cnn(C)c1. The molecule has 0 aliphatic rings. The second-order valence-electron chi connectivity index (χ2n) is 3.15. The Morgan fingerprint density at radius 2 is 2.36 bits per heavy atom. The maximum Gasteiger partial charge on any atom is 0.118 e. The van der Waals surface area contributed by atoms with Gasteiger partial charge in [0.15, 0.2) is 0 Å². The van der Waals surface area contributed by atoms with E-state index < -0.39 is 6.10 Å². The summed E-state index contributed by atoms with van der Waals surface area (Å²) in [7, 11) is 1.83. The van der Waals surface area contributed by atoms with Gasteiger partial charge in [-0.25, -0.2) is 4.98 Å². The van der Waals surface area contributed by atoms with Crippen molar-refractivity contribution in [1.82, 2.24) is 14.8 Å². The summed E-state index contributed by atoms with van der Waals surface area (Å²) in [5, 5.41) is 14.0. The number of hydrogen-bond acceptors (Lipinski definition) is 4. The predicted molar refractivity (Wildman–Crippen MR) is 54.1 cm³/mol. The topological polar surface area (TPSA) is 50.9 Å². The molecule has 14 heavy (non-hydrogen) atoms. The van der Waals surface area contributed by atoms with Gasteiger partial charge in [-0.3, -0.25) is 4.68 Å². The third kappa shape index (κ3) is 1.56. The molecule has 5 heteroatoms. The van der Waals surface area contributed by atoms with Crippen LogP contribution in [0.5, 0.6) is 0 Å². The van der Waals surface area contributed by atoms with Gasteiger partial charge < -0.3 is 5.11 Å². The molecular formula is C9H11N3OS. The second kappa shape index (κ2) is 3.51. The lowest BCUT2D eigenvalue weighted by Gasteiger charge is -2.05. The van der Waals surface area contributed by atoms with Gasteiger partial charge in [0.1, 0.15) is 6.10 Å². The van der Waals surface area contributed by atoms with Crippen LogP contribution < -0.4 is 0 Å². The minimum Gasteiger partial charge on any atom is -0.383 e. The van der Waals surface area contributed by atoms with Crippen molar-refractivity contribution in [3.8, 4) is 0 Å². The Kier molecular flexibility index (Phi) is 2.35. The Bertz CT molecular complexity index is 435. The molecule has 0 aliphatic carbocycles. The average molecular weight is 209 g/mol. The number of aromatic nitrogens is 3. The zero-order chi connectivity index (χ0) is 10.1. The van der Waals surface area contributed by atoms with E-state index in [1.807, 2.05) is 20.2 Å². The van der Waals surface area contributed by atoms with Crippen molar-refractivity contribution in [1.29, 1.82) is 0 Å². The second-order valence-corrected chi connectivity index (χ2v) is 4.04. The molecule has 0 aliphatic heterocycles. The molecular weight excluding hydrogens is 198 g/mol. The Morgan fingerprint density at radius 1 is 1.57 bits per heavy atom. The molecule has 1 atom stereocenters. The minimum atomic E-state index is -0.601. The van der Waals surface area contributed by atoms with E-state index in [0.717, 1.165) is 16.1 Å². The first-order valence-corrected chi connectivity index (χ1v) is 5.13. The Balaban J connectivity index is 2.33. The lowest BCUT2D eigenvalue weighted by molar-refractivity contribution is 0.223. The molecule has 0 aromatic carbocycles.